The Morgan fingerprint density at radius 2 is 2.10 bits per heavy atom. The number of aromatic nitrogens is 3. The fourth-order valence-corrected chi connectivity index (χ4v) is 3.67. The smallest absolute Gasteiger partial charge is 0.267 e. The number of nitrogens with zero attached hydrogens (tertiary/aromatic N) is 4. The van der Waals surface area contributed by atoms with Crippen LogP contribution in [0.4, 0.5) is 0 Å². The number of amides is 2. The average molecular weight is 401 g/mol. The average Bonchev–Trinajstić information content (AvgIpc) is 3.30. The Bertz CT molecular complexity index is 1220. The minimum atomic E-state index is -0.588. The maximum absolute atomic E-state index is 12.1. The summed E-state index contributed by atoms with van der Waals surface area (Å²) in [6.07, 6.45) is 2.51. The van der Waals surface area contributed by atoms with Crippen LogP contribution in [0.3, 0.4) is 0 Å². The molecule has 1 aliphatic heterocycles. The Hall–Kier alpha value is -3.66. The van der Waals surface area contributed by atoms with E-state index in [0.29, 0.717) is 5.69 Å². The van der Waals surface area contributed by atoms with Gasteiger partial charge in [-0.1, -0.05) is 24.0 Å². The van der Waals surface area contributed by atoms with Crippen LogP contribution in [0.2, 0.25) is 0 Å². The topological polar surface area (TPSA) is 94.1 Å². The summed E-state index contributed by atoms with van der Waals surface area (Å²) in [6, 6.07) is 9.41. The first kappa shape index (κ1) is 19.6. The maximum Gasteiger partial charge on any atom is 0.267 e. The van der Waals surface area contributed by atoms with E-state index in [1.54, 1.807) is 24.2 Å². The predicted octanol–water partition coefficient (Wildman–Crippen LogP) is 2.61. The van der Waals surface area contributed by atoms with Gasteiger partial charge in [-0.2, -0.15) is 5.10 Å². The summed E-state index contributed by atoms with van der Waals surface area (Å²) < 4.78 is 1.85. The minimum absolute atomic E-state index is 0.0669. The van der Waals surface area contributed by atoms with Crippen molar-refractivity contribution in [1.29, 1.82) is 0 Å². The second kappa shape index (κ2) is 7.64. The van der Waals surface area contributed by atoms with Gasteiger partial charge in [0.1, 0.15) is 11.6 Å². The third-order valence-corrected chi connectivity index (χ3v) is 5.29. The molecule has 0 radical (unpaired) electrons. The predicted molar refractivity (Wildman–Crippen MR) is 114 cm³/mol. The molecule has 2 amide bonds. The summed E-state index contributed by atoms with van der Waals surface area (Å²) >= 11 is 0. The zero-order chi connectivity index (χ0) is 21.4. The molecular weight excluding hydrogens is 378 g/mol. The molecule has 7 heteroatoms. The summed E-state index contributed by atoms with van der Waals surface area (Å²) in [5.41, 5.74) is 8.75. The van der Waals surface area contributed by atoms with E-state index in [0.717, 1.165) is 35.0 Å². The van der Waals surface area contributed by atoms with Gasteiger partial charge in [-0.25, -0.2) is 4.98 Å². The highest BCUT2D eigenvalue weighted by Gasteiger charge is 2.27. The highest BCUT2D eigenvalue weighted by atomic mass is 16.2. The van der Waals surface area contributed by atoms with Gasteiger partial charge in [0.25, 0.3) is 5.91 Å². The van der Waals surface area contributed by atoms with Crippen molar-refractivity contribution in [1.82, 2.24) is 19.7 Å². The van der Waals surface area contributed by atoms with Crippen LogP contribution in [-0.2, 0) is 4.79 Å². The highest BCUT2D eigenvalue weighted by Crippen LogP contribution is 2.29. The molecule has 4 rings (SSSR count). The van der Waals surface area contributed by atoms with Gasteiger partial charge in [-0.05, 0) is 38.5 Å². The minimum Gasteiger partial charge on any atom is -0.364 e. The van der Waals surface area contributed by atoms with Crippen molar-refractivity contribution in [3.05, 3.63) is 47.8 Å². The van der Waals surface area contributed by atoms with E-state index in [-0.39, 0.29) is 23.6 Å². The van der Waals surface area contributed by atoms with Crippen molar-refractivity contribution in [2.75, 3.05) is 13.6 Å². The van der Waals surface area contributed by atoms with Crippen molar-refractivity contribution in [3.63, 3.8) is 0 Å². The Labute approximate surface area is 174 Å². The van der Waals surface area contributed by atoms with Gasteiger partial charge in [0, 0.05) is 36.1 Å². The lowest BCUT2D eigenvalue weighted by Gasteiger charge is -2.10. The van der Waals surface area contributed by atoms with Crippen LogP contribution >= 0.6 is 0 Å². The number of fused-ring (bicyclic) bond motifs is 1. The molecule has 1 aromatic carbocycles. The van der Waals surface area contributed by atoms with Crippen LogP contribution < -0.4 is 5.73 Å². The molecule has 1 unspecified atom stereocenters. The lowest BCUT2D eigenvalue weighted by Crippen LogP contribution is -2.21. The van der Waals surface area contributed by atoms with E-state index < -0.39 is 5.91 Å². The molecule has 1 aliphatic rings. The van der Waals surface area contributed by atoms with Gasteiger partial charge in [0.15, 0.2) is 0 Å². The second-order valence-corrected chi connectivity index (χ2v) is 7.79. The lowest BCUT2D eigenvalue weighted by atomic mass is 10.0. The number of hydrogen-bond donors (Lipinski definition) is 1. The Kier molecular flexibility index (Phi) is 5.00. The van der Waals surface area contributed by atoms with Crippen LogP contribution in [0.15, 0.2) is 36.5 Å². The number of hydrogen-bond acceptors (Lipinski definition) is 4. The van der Waals surface area contributed by atoms with E-state index >= 15 is 0 Å². The SMILES string of the molecule is CC(C)n1ncc2c(-c3cccc(C#CC4CCN(C)C4=O)c3)nc(C(N)=O)cc21. The van der Waals surface area contributed by atoms with Crippen LogP contribution in [0.25, 0.3) is 22.2 Å². The summed E-state index contributed by atoms with van der Waals surface area (Å²) in [5, 5.41) is 5.30. The summed E-state index contributed by atoms with van der Waals surface area (Å²) in [6.45, 7) is 4.78. The third-order valence-electron chi connectivity index (χ3n) is 5.29. The van der Waals surface area contributed by atoms with E-state index in [2.05, 4.69) is 21.9 Å². The summed E-state index contributed by atoms with van der Waals surface area (Å²) in [5.74, 6) is 5.43. The number of nitrogens with two attached hydrogens (primary N) is 1. The first-order valence-electron chi connectivity index (χ1n) is 9.90. The Morgan fingerprint density at radius 3 is 2.77 bits per heavy atom. The number of carbonyl (C=O) groups is 2. The van der Waals surface area contributed by atoms with E-state index in [4.69, 9.17) is 5.73 Å². The van der Waals surface area contributed by atoms with Crippen LogP contribution in [0, 0.1) is 17.8 Å². The number of carbonyl (C=O) groups excluding carboxylic acids is 2. The zero-order valence-corrected chi connectivity index (χ0v) is 17.2. The van der Waals surface area contributed by atoms with Crippen molar-refractivity contribution in [2.45, 2.75) is 26.3 Å². The maximum atomic E-state index is 12.1. The summed E-state index contributed by atoms with van der Waals surface area (Å²) in [4.78, 5) is 30.2. The molecule has 1 atom stereocenters. The van der Waals surface area contributed by atoms with Gasteiger partial charge >= 0.3 is 0 Å². The monoisotopic (exact) mass is 401 g/mol. The number of rotatable bonds is 3. The second-order valence-electron chi connectivity index (χ2n) is 7.79. The number of pyridine rings is 1. The molecule has 0 bridgehead atoms. The molecule has 152 valence electrons. The van der Waals surface area contributed by atoms with Crippen molar-refractivity contribution < 1.29 is 9.59 Å². The van der Waals surface area contributed by atoms with Gasteiger partial charge in [-0.3, -0.25) is 14.3 Å². The molecule has 1 saturated heterocycles. The quantitative estimate of drug-likeness (QED) is 0.683. The molecule has 7 nitrogen and oxygen atoms in total. The number of primary amides is 1. The van der Waals surface area contributed by atoms with E-state index in [1.807, 2.05) is 42.8 Å². The van der Waals surface area contributed by atoms with Gasteiger partial charge < -0.3 is 10.6 Å². The summed E-state index contributed by atoms with van der Waals surface area (Å²) in [7, 11) is 1.80. The van der Waals surface area contributed by atoms with E-state index in [9.17, 15) is 9.59 Å². The molecule has 2 aromatic heterocycles. The molecular formula is C23H23N5O2. The van der Waals surface area contributed by atoms with Crippen LogP contribution in [-0.4, -0.2) is 45.1 Å². The van der Waals surface area contributed by atoms with Crippen LogP contribution in [0.1, 0.15) is 42.4 Å². The third kappa shape index (κ3) is 3.52. The van der Waals surface area contributed by atoms with Crippen molar-refractivity contribution in [2.24, 2.45) is 11.7 Å². The molecule has 30 heavy (non-hydrogen) atoms. The van der Waals surface area contributed by atoms with Gasteiger partial charge in [0.2, 0.25) is 5.91 Å². The fourth-order valence-electron chi connectivity index (χ4n) is 3.67. The van der Waals surface area contributed by atoms with Gasteiger partial charge in [0.05, 0.1) is 17.4 Å². The number of benzene rings is 1. The van der Waals surface area contributed by atoms with Crippen molar-refractivity contribution in [3.8, 4) is 23.1 Å². The molecule has 3 heterocycles. The normalized spacial score (nSPS) is 16.2. The molecule has 3 aromatic rings. The largest absolute Gasteiger partial charge is 0.364 e. The van der Waals surface area contributed by atoms with Crippen LogP contribution in [0.5, 0.6) is 0 Å². The molecule has 0 spiro atoms. The first-order valence-corrected chi connectivity index (χ1v) is 9.90. The van der Waals surface area contributed by atoms with E-state index in [1.165, 1.54) is 0 Å². The molecule has 0 aliphatic carbocycles. The number of likely N-dealkylation sites (tertiary alicyclic amines) is 1. The Morgan fingerprint density at radius 1 is 1.30 bits per heavy atom. The lowest BCUT2D eigenvalue weighted by molar-refractivity contribution is -0.128. The molecule has 1 fully saturated rings. The Balaban J connectivity index is 1.79. The van der Waals surface area contributed by atoms with Gasteiger partial charge in [-0.15, -0.1) is 0 Å². The standard InChI is InChI=1S/C23H23N5O2/c1-14(2)28-20-12-19(22(24)29)26-21(18(20)13-25-28)17-6-4-5-15(11-17)7-8-16-9-10-27(3)23(16)30/h4-6,11-14,16H,9-10H2,1-3H3,(H2,24,29). The molecule has 0 saturated carbocycles. The van der Waals surface area contributed by atoms with Crippen molar-refractivity contribution >= 4 is 22.7 Å². The fraction of sp³-hybridized carbons (Fsp3) is 0.304. The zero-order valence-electron chi connectivity index (χ0n) is 17.2. The first-order chi connectivity index (χ1) is 14.3. The molecule has 2 N–H and O–H groups in total. The highest BCUT2D eigenvalue weighted by molar-refractivity contribution is 5.99.